The molecule has 0 aromatic heterocycles. The first-order chi connectivity index (χ1) is 3.63. The molecule has 0 aliphatic heterocycles. The van der Waals surface area contributed by atoms with Crippen LogP contribution in [0.15, 0.2) is 0 Å². The summed E-state index contributed by atoms with van der Waals surface area (Å²) in [6.07, 6.45) is -0.414. The lowest BCUT2D eigenvalue weighted by Crippen LogP contribution is -2.26. The Morgan fingerprint density at radius 3 is 2.50 bits per heavy atom. The molecule has 0 aromatic rings. The van der Waals surface area contributed by atoms with E-state index in [1.807, 2.05) is 0 Å². The molecule has 0 spiro atoms. The molecule has 1 atom stereocenters. The molecule has 1 unspecified atom stereocenters. The van der Waals surface area contributed by atoms with Crippen molar-refractivity contribution in [3.63, 3.8) is 0 Å². The Balaban J connectivity index is 3.05. The minimum absolute atomic E-state index is 0.0995. The molecule has 0 fully saturated rings. The molecule has 0 radical (unpaired) electrons. The van der Waals surface area contributed by atoms with Crippen LogP contribution in [0.5, 0.6) is 0 Å². The topological polar surface area (TPSA) is 78.3 Å². The number of primary amides is 1. The minimum atomic E-state index is -0.498. The Morgan fingerprint density at radius 1 is 1.88 bits per heavy atom. The summed E-state index contributed by atoms with van der Waals surface area (Å²) >= 11 is 0. The lowest BCUT2D eigenvalue weighted by molar-refractivity contribution is -0.124. The largest absolute Gasteiger partial charge is 0.368 e. The van der Waals surface area contributed by atoms with Crippen molar-refractivity contribution in [3.8, 4) is 0 Å². The van der Waals surface area contributed by atoms with Crippen LogP contribution in [0.2, 0.25) is 0 Å². The highest BCUT2D eigenvalue weighted by Crippen LogP contribution is 1.76. The maximum atomic E-state index is 9.95. The third-order valence-corrected chi connectivity index (χ3v) is 0.488. The molecule has 0 rings (SSSR count). The average Bonchev–Trinajstić information content (AvgIpc) is 1.61. The highest BCUT2D eigenvalue weighted by molar-refractivity contribution is 5.74. The second-order valence-electron chi connectivity index (χ2n) is 1.48. The highest BCUT2D eigenvalue weighted by Gasteiger charge is 1.95. The second-order valence-corrected chi connectivity index (χ2v) is 1.48. The minimum Gasteiger partial charge on any atom is -0.368 e. The smallest absolute Gasteiger partial charge is 0.243 e. The standard InChI is InChI=1S/C4H10N2O2/c1-3(5)8-2-4(6)7/h3H,2,5H2,1H3,(H2,6,7). The Morgan fingerprint density at radius 2 is 2.38 bits per heavy atom. The van der Waals surface area contributed by atoms with Crippen LogP contribution in [0.4, 0.5) is 0 Å². The maximum absolute atomic E-state index is 9.95. The zero-order chi connectivity index (χ0) is 6.57. The van der Waals surface area contributed by atoms with E-state index in [1.165, 1.54) is 0 Å². The van der Waals surface area contributed by atoms with Crippen molar-refractivity contribution in [1.82, 2.24) is 0 Å². The van der Waals surface area contributed by atoms with E-state index in [4.69, 9.17) is 11.5 Å². The Bertz CT molecular complexity index is 82.1. The molecular formula is C4H10N2O2. The summed E-state index contributed by atoms with van der Waals surface area (Å²) in [5.41, 5.74) is 9.83. The molecule has 0 aromatic carbocycles. The van der Waals surface area contributed by atoms with Gasteiger partial charge in [0, 0.05) is 0 Å². The van der Waals surface area contributed by atoms with Crippen molar-refractivity contribution in [3.05, 3.63) is 0 Å². The molecule has 0 heterocycles. The molecule has 0 aliphatic rings. The predicted octanol–water partition coefficient (Wildman–Crippen LogP) is -1.21. The van der Waals surface area contributed by atoms with E-state index >= 15 is 0 Å². The SMILES string of the molecule is CC(N)OCC(N)=O. The third kappa shape index (κ3) is 5.39. The summed E-state index contributed by atoms with van der Waals surface area (Å²) in [5, 5.41) is 0. The molecule has 1 amide bonds. The number of amides is 1. The van der Waals surface area contributed by atoms with E-state index in [-0.39, 0.29) is 6.61 Å². The molecule has 4 heteroatoms. The van der Waals surface area contributed by atoms with Crippen LogP contribution >= 0.6 is 0 Å². The van der Waals surface area contributed by atoms with Gasteiger partial charge in [-0.2, -0.15) is 0 Å². The first-order valence-corrected chi connectivity index (χ1v) is 2.28. The van der Waals surface area contributed by atoms with Crippen molar-refractivity contribution in [2.45, 2.75) is 13.2 Å². The lowest BCUT2D eigenvalue weighted by Gasteiger charge is -2.02. The molecule has 4 N–H and O–H groups in total. The summed E-state index contributed by atoms with van der Waals surface area (Å²) in [6, 6.07) is 0. The van der Waals surface area contributed by atoms with Crippen LogP contribution in [-0.2, 0) is 9.53 Å². The Hall–Kier alpha value is -0.610. The molecule has 48 valence electrons. The fraction of sp³-hybridized carbons (Fsp3) is 0.750. The van der Waals surface area contributed by atoms with Crippen LogP contribution in [0.1, 0.15) is 6.92 Å². The molecule has 0 bridgehead atoms. The lowest BCUT2D eigenvalue weighted by atomic mass is 10.6. The van der Waals surface area contributed by atoms with Gasteiger partial charge in [0.2, 0.25) is 5.91 Å². The van der Waals surface area contributed by atoms with Crippen LogP contribution in [0, 0.1) is 0 Å². The van der Waals surface area contributed by atoms with Gasteiger partial charge in [0.15, 0.2) is 0 Å². The molecule has 0 saturated heterocycles. The zero-order valence-electron chi connectivity index (χ0n) is 4.76. The Labute approximate surface area is 47.8 Å². The highest BCUT2D eigenvalue weighted by atomic mass is 16.5. The van der Waals surface area contributed by atoms with Gasteiger partial charge >= 0.3 is 0 Å². The first kappa shape index (κ1) is 7.39. The quantitative estimate of drug-likeness (QED) is 0.456. The summed E-state index contributed by atoms with van der Waals surface area (Å²) in [6.45, 7) is 1.53. The third-order valence-electron chi connectivity index (χ3n) is 0.488. The van der Waals surface area contributed by atoms with Gasteiger partial charge in [-0.25, -0.2) is 0 Å². The predicted molar refractivity (Wildman–Crippen MR) is 28.8 cm³/mol. The van der Waals surface area contributed by atoms with Gasteiger partial charge in [-0.3, -0.25) is 4.79 Å². The molecule has 4 nitrogen and oxygen atoms in total. The van der Waals surface area contributed by atoms with E-state index < -0.39 is 12.1 Å². The van der Waals surface area contributed by atoms with Gasteiger partial charge in [0.05, 0.1) is 0 Å². The van der Waals surface area contributed by atoms with Crippen LogP contribution < -0.4 is 11.5 Å². The fourth-order valence-electron chi connectivity index (χ4n) is 0.214. The van der Waals surface area contributed by atoms with E-state index in [0.29, 0.717) is 0 Å². The number of nitrogens with two attached hydrogens (primary N) is 2. The van der Waals surface area contributed by atoms with Crippen LogP contribution in [-0.4, -0.2) is 18.7 Å². The van der Waals surface area contributed by atoms with Gasteiger partial charge in [-0.1, -0.05) is 0 Å². The van der Waals surface area contributed by atoms with Crippen molar-refractivity contribution in [2.75, 3.05) is 6.61 Å². The van der Waals surface area contributed by atoms with Crippen LogP contribution in [0.3, 0.4) is 0 Å². The van der Waals surface area contributed by atoms with E-state index in [2.05, 4.69) is 4.74 Å². The van der Waals surface area contributed by atoms with Gasteiger partial charge in [0.1, 0.15) is 12.8 Å². The fourth-order valence-corrected chi connectivity index (χ4v) is 0.214. The molecular weight excluding hydrogens is 108 g/mol. The van der Waals surface area contributed by atoms with Gasteiger partial charge < -0.3 is 16.2 Å². The number of hydrogen-bond donors (Lipinski definition) is 2. The number of ether oxygens (including phenoxy) is 1. The van der Waals surface area contributed by atoms with E-state index in [0.717, 1.165) is 0 Å². The van der Waals surface area contributed by atoms with Crippen LogP contribution in [0.25, 0.3) is 0 Å². The maximum Gasteiger partial charge on any atom is 0.243 e. The number of carbonyl (C=O) groups is 1. The molecule has 0 aliphatic carbocycles. The van der Waals surface area contributed by atoms with Crippen molar-refractivity contribution >= 4 is 5.91 Å². The molecule has 8 heavy (non-hydrogen) atoms. The van der Waals surface area contributed by atoms with Crippen molar-refractivity contribution < 1.29 is 9.53 Å². The summed E-state index contributed by atoms with van der Waals surface area (Å²) < 4.78 is 4.61. The van der Waals surface area contributed by atoms with E-state index in [9.17, 15) is 4.79 Å². The van der Waals surface area contributed by atoms with Gasteiger partial charge in [-0.05, 0) is 6.92 Å². The van der Waals surface area contributed by atoms with Gasteiger partial charge in [-0.15, -0.1) is 0 Å². The number of rotatable bonds is 3. The number of carbonyl (C=O) groups excluding carboxylic acids is 1. The first-order valence-electron chi connectivity index (χ1n) is 2.28. The second kappa shape index (κ2) is 3.40. The monoisotopic (exact) mass is 118 g/mol. The normalized spacial score (nSPS) is 13.2. The van der Waals surface area contributed by atoms with Gasteiger partial charge in [0.25, 0.3) is 0 Å². The number of hydrogen-bond acceptors (Lipinski definition) is 3. The summed E-state index contributed by atoms with van der Waals surface area (Å²) in [4.78, 5) is 9.95. The van der Waals surface area contributed by atoms with Crippen molar-refractivity contribution in [2.24, 2.45) is 11.5 Å². The van der Waals surface area contributed by atoms with Crippen molar-refractivity contribution in [1.29, 1.82) is 0 Å². The average molecular weight is 118 g/mol. The Kier molecular flexibility index (Phi) is 3.14. The summed E-state index contributed by atoms with van der Waals surface area (Å²) in [5.74, 6) is -0.498. The summed E-state index contributed by atoms with van der Waals surface area (Å²) in [7, 11) is 0. The molecule has 0 saturated carbocycles. The zero-order valence-corrected chi connectivity index (χ0v) is 4.76. The van der Waals surface area contributed by atoms with E-state index in [1.54, 1.807) is 6.92 Å².